The molecule has 2 nitrogen and oxygen atoms in total. The second-order valence-corrected chi connectivity index (χ2v) is 3.04. The molecule has 0 amide bonds. The van der Waals surface area contributed by atoms with E-state index in [4.69, 9.17) is 0 Å². The fraction of sp³-hybridized carbons (Fsp3) is 0.300. The molecule has 15 heavy (non-hydrogen) atoms. The first-order valence-corrected chi connectivity index (χ1v) is 4.23. The monoisotopic (exact) mass is 218 g/mol. The van der Waals surface area contributed by atoms with Gasteiger partial charge in [0.1, 0.15) is 11.9 Å². The van der Waals surface area contributed by atoms with Gasteiger partial charge >= 0.3 is 5.97 Å². The fourth-order valence-corrected chi connectivity index (χ4v) is 1.16. The topological polar surface area (TPSA) is 26.3 Å². The van der Waals surface area contributed by atoms with Gasteiger partial charge < -0.3 is 4.74 Å². The maximum absolute atomic E-state index is 13.1. The number of rotatable bonds is 2. The Morgan fingerprint density at radius 2 is 1.73 bits per heavy atom. The molecule has 5 heteroatoms. The van der Waals surface area contributed by atoms with Crippen LogP contribution >= 0.6 is 0 Å². The standard InChI is InChI=1S/C10H9F3O2/c1-5(15-6(2)14)7-3-9(12)10(13)4-8(7)11/h3-5H,1-2H3/t5-/m1/s1. The predicted octanol–water partition coefficient (Wildman–Crippen LogP) is 2.73. The SMILES string of the molecule is CC(=O)O[C@H](C)c1cc(F)c(F)cc1F. The molecule has 1 atom stereocenters. The minimum atomic E-state index is -1.27. The summed E-state index contributed by atoms with van der Waals surface area (Å²) in [6.45, 7) is 2.52. The number of hydrogen-bond donors (Lipinski definition) is 0. The molecule has 1 rings (SSSR count). The first kappa shape index (κ1) is 11.6. The zero-order valence-electron chi connectivity index (χ0n) is 8.18. The highest BCUT2D eigenvalue weighted by atomic mass is 19.2. The maximum Gasteiger partial charge on any atom is 0.303 e. The lowest BCUT2D eigenvalue weighted by atomic mass is 10.1. The minimum absolute atomic E-state index is 0.191. The highest BCUT2D eigenvalue weighted by Crippen LogP contribution is 2.22. The minimum Gasteiger partial charge on any atom is -0.458 e. The van der Waals surface area contributed by atoms with Gasteiger partial charge in [-0.2, -0.15) is 0 Å². The average Bonchev–Trinajstić information content (AvgIpc) is 2.09. The summed E-state index contributed by atoms with van der Waals surface area (Å²) in [7, 11) is 0. The second-order valence-electron chi connectivity index (χ2n) is 3.04. The van der Waals surface area contributed by atoms with Crippen molar-refractivity contribution in [3.05, 3.63) is 35.1 Å². The van der Waals surface area contributed by atoms with E-state index in [1.807, 2.05) is 0 Å². The van der Waals surface area contributed by atoms with E-state index >= 15 is 0 Å². The molecule has 0 saturated carbocycles. The number of carbonyl (C=O) groups is 1. The number of esters is 1. The lowest BCUT2D eigenvalue weighted by Gasteiger charge is -2.13. The fourth-order valence-electron chi connectivity index (χ4n) is 1.16. The van der Waals surface area contributed by atoms with Crippen molar-refractivity contribution in [1.82, 2.24) is 0 Å². The molecule has 0 aromatic heterocycles. The Balaban J connectivity index is 3.03. The Bertz CT molecular complexity index is 390. The van der Waals surface area contributed by atoms with Crippen LogP contribution in [0.1, 0.15) is 25.5 Å². The van der Waals surface area contributed by atoms with Crippen LogP contribution in [0, 0.1) is 17.5 Å². The number of hydrogen-bond acceptors (Lipinski definition) is 2. The summed E-state index contributed by atoms with van der Waals surface area (Å²) in [4.78, 5) is 10.6. The van der Waals surface area contributed by atoms with E-state index in [9.17, 15) is 18.0 Å². The summed E-state index contributed by atoms with van der Waals surface area (Å²) in [5.41, 5.74) is -0.191. The molecule has 0 heterocycles. The number of halogens is 3. The molecule has 1 aromatic carbocycles. The van der Waals surface area contributed by atoms with Gasteiger partial charge in [0.05, 0.1) is 0 Å². The van der Waals surface area contributed by atoms with Crippen LogP contribution in [-0.2, 0) is 9.53 Å². The zero-order valence-corrected chi connectivity index (χ0v) is 8.18. The molecule has 0 spiro atoms. The number of benzene rings is 1. The summed E-state index contributed by atoms with van der Waals surface area (Å²) >= 11 is 0. The van der Waals surface area contributed by atoms with Gasteiger partial charge in [0.25, 0.3) is 0 Å². The van der Waals surface area contributed by atoms with Crippen molar-refractivity contribution in [3.8, 4) is 0 Å². The van der Waals surface area contributed by atoms with E-state index < -0.39 is 29.5 Å². The van der Waals surface area contributed by atoms with Gasteiger partial charge in [0.2, 0.25) is 0 Å². The quantitative estimate of drug-likeness (QED) is 0.563. The molecular weight excluding hydrogens is 209 g/mol. The molecule has 0 unspecified atom stereocenters. The van der Waals surface area contributed by atoms with Crippen molar-refractivity contribution < 1.29 is 22.7 Å². The van der Waals surface area contributed by atoms with Gasteiger partial charge in [-0.1, -0.05) is 0 Å². The van der Waals surface area contributed by atoms with Crippen LogP contribution < -0.4 is 0 Å². The maximum atomic E-state index is 13.1. The van der Waals surface area contributed by atoms with Crippen LogP contribution in [-0.4, -0.2) is 5.97 Å². The van der Waals surface area contributed by atoms with Crippen molar-refractivity contribution in [1.29, 1.82) is 0 Å². The molecule has 1 aromatic rings. The first-order valence-electron chi connectivity index (χ1n) is 4.23. The smallest absolute Gasteiger partial charge is 0.303 e. The highest BCUT2D eigenvalue weighted by molar-refractivity contribution is 5.66. The summed E-state index contributed by atoms with van der Waals surface area (Å²) in [6.07, 6.45) is -0.947. The van der Waals surface area contributed by atoms with Gasteiger partial charge in [0.15, 0.2) is 11.6 Å². The molecule has 0 saturated heterocycles. The second kappa shape index (κ2) is 4.33. The van der Waals surface area contributed by atoms with Crippen molar-refractivity contribution in [3.63, 3.8) is 0 Å². The Morgan fingerprint density at radius 3 is 2.27 bits per heavy atom. The van der Waals surface area contributed by atoms with Crippen LogP contribution in [0.25, 0.3) is 0 Å². The lowest BCUT2D eigenvalue weighted by Crippen LogP contribution is -2.07. The normalized spacial score (nSPS) is 12.3. The highest BCUT2D eigenvalue weighted by Gasteiger charge is 2.17. The lowest BCUT2D eigenvalue weighted by molar-refractivity contribution is -0.145. The van der Waals surface area contributed by atoms with E-state index in [0.717, 1.165) is 6.92 Å². The van der Waals surface area contributed by atoms with Gasteiger partial charge in [-0.05, 0) is 13.0 Å². The molecule has 0 aliphatic carbocycles. The van der Waals surface area contributed by atoms with Crippen molar-refractivity contribution in [2.75, 3.05) is 0 Å². The summed E-state index contributed by atoms with van der Waals surface area (Å²) in [5, 5.41) is 0. The number of carbonyl (C=O) groups excluding carboxylic acids is 1. The van der Waals surface area contributed by atoms with E-state index in [1.165, 1.54) is 6.92 Å². The van der Waals surface area contributed by atoms with Crippen LogP contribution in [0.2, 0.25) is 0 Å². The summed E-state index contributed by atoms with van der Waals surface area (Å²) < 4.78 is 43.1. The van der Waals surface area contributed by atoms with Gasteiger partial charge in [-0.3, -0.25) is 4.79 Å². The van der Waals surface area contributed by atoms with Crippen LogP contribution in [0.15, 0.2) is 12.1 Å². The number of ether oxygens (including phenoxy) is 1. The average molecular weight is 218 g/mol. The molecule has 0 aliphatic rings. The Hall–Kier alpha value is -1.52. The molecule has 0 aliphatic heterocycles. The van der Waals surface area contributed by atoms with Crippen molar-refractivity contribution in [2.24, 2.45) is 0 Å². The summed E-state index contributed by atoms with van der Waals surface area (Å²) in [6, 6.07) is 1.10. The van der Waals surface area contributed by atoms with Crippen molar-refractivity contribution in [2.45, 2.75) is 20.0 Å². The molecule has 0 radical (unpaired) electrons. The molecule has 0 bridgehead atoms. The van der Waals surface area contributed by atoms with E-state index in [1.54, 1.807) is 0 Å². The van der Waals surface area contributed by atoms with Gasteiger partial charge in [0, 0.05) is 18.6 Å². The molecule has 0 fully saturated rings. The molecule has 82 valence electrons. The Kier molecular flexibility index (Phi) is 3.34. The Labute approximate surface area is 84.7 Å². The molecule has 0 N–H and O–H groups in total. The summed E-state index contributed by atoms with van der Waals surface area (Å²) in [5.74, 6) is -4.01. The zero-order chi connectivity index (χ0) is 11.6. The largest absolute Gasteiger partial charge is 0.458 e. The van der Waals surface area contributed by atoms with E-state index in [-0.39, 0.29) is 5.56 Å². The van der Waals surface area contributed by atoms with Crippen molar-refractivity contribution >= 4 is 5.97 Å². The third-order valence-electron chi connectivity index (χ3n) is 1.82. The van der Waals surface area contributed by atoms with E-state index in [0.29, 0.717) is 12.1 Å². The van der Waals surface area contributed by atoms with Crippen LogP contribution in [0.5, 0.6) is 0 Å². The van der Waals surface area contributed by atoms with E-state index in [2.05, 4.69) is 4.74 Å². The third-order valence-corrected chi connectivity index (χ3v) is 1.82. The Morgan fingerprint density at radius 1 is 1.20 bits per heavy atom. The molecular formula is C10H9F3O2. The first-order chi connectivity index (χ1) is 6.91. The van der Waals surface area contributed by atoms with Crippen LogP contribution in [0.3, 0.4) is 0 Å². The third kappa shape index (κ3) is 2.71. The van der Waals surface area contributed by atoms with Crippen LogP contribution in [0.4, 0.5) is 13.2 Å². The van der Waals surface area contributed by atoms with Gasteiger partial charge in [-0.15, -0.1) is 0 Å². The predicted molar refractivity (Wildman–Crippen MR) is 46.5 cm³/mol. The van der Waals surface area contributed by atoms with Gasteiger partial charge in [-0.25, -0.2) is 13.2 Å².